The Labute approximate surface area is 93.6 Å². The van der Waals surface area contributed by atoms with Crippen molar-refractivity contribution >= 4 is 11.8 Å². The molecule has 0 aromatic carbocycles. The molecule has 2 rings (SSSR count). The molecular formula is C10H15N5O. The van der Waals surface area contributed by atoms with Crippen molar-refractivity contribution in [2.45, 2.75) is 6.42 Å². The third kappa shape index (κ3) is 2.11. The van der Waals surface area contributed by atoms with Crippen LogP contribution in [0, 0.1) is 11.3 Å². The van der Waals surface area contributed by atoms with Gasteiger partial charge in [-0.2, -0.15) is 0 Å². The van der Waals surface area contributed by atoms with Gasteiger partial charge in [0, 0.05) is 31.8 Å². The molecule has 1 saturated heterocycles. The summed E-state index contributed by atoms with van der Waals surface area (Å²) in [4.78, 5) is 10.4. The third-order valence-electron chi connectivity index (χ3n) is 2.75. The first-order chi connectivity index (χ1) is 7.70. The molecule has 4 N–H and O–H groups in total. The fourth-order valence-electron chi connectivity index (χ4n) is 1.81. The fourth-order valence-corrected chi connectivity index (χ4v) is 1.81. The summed E-state index contributed by atoms with van der Waals surface area (Å²) in [5.41, 5.74) is 5.81. The number of nitrogen functional groups attached to an aromatic ring is 1. The van der Waals surface area contributed by atoms with Gasteiger partial charge in [0.2, 0.25) is 5.95 Å². The van der Waals surface area contributed by atoms with E-state index in [2.05, 4.69) is 9.97 Å². The van der Waals surface area contributed by atoms with Crippen molar-refractivity contribution < 1.29 is 5.11 Å². The van der Waals surface area contributed by atoms with E-state index in [1.165, 1.54) is 0 Å². The molecule has 0 bridgehead atoms. The van der Waals surface area contributed by atoms with E-state index in [4.69, 9.17) is 16.2 Å². The zero-order chi connectivity index (χ0) is 11.5. The maximum absolute atomic E-state index is 9.05. The molecule has 2 heterocycles. The largest absolute Gasteiger partial charge is 0.396 e. The minimum Gasteiger partial charge on any atom is -0.396 e. The van der Waals surface area contributed by atoms with Gasteiger partial charge in [0.15, 0.2) is 0 Å². The number of aromatic nitrogens is 2. The van der Waals surface area contributed by atoms with E-state index < -0.39 is 0 Å². The van der Waals surface area contributed by atoms with E-state index in [9.17, 15) is 0 Å². The van der Waals surface area contributed by atoms with Gasteiger partial charge in [-0.1, -0.05) is 0 Å². The summed E-state index contributed by atoms with van der Waals surface area (Å²) in [5, 5.41) is 16.4. The molecule has 0 amide bonds. The summed E-state index contributed by atoms with van der Waals surface area (Å²) in [6, 6.07) is 1.62. The molecule has 1 atom stereocenters. The molecular weight excluding hydrogens is 206 g/mol. The van der Waals surface area contributed by atoms with E-state index >= 15 is 0 Å². The number of hydrogen-bond acceptors (Lipinski definition) is 5. The lowest BCUT2D eigenvalue weighted by Crippen LogP contribution is -2.24. The molecule has 1 aromatic heterocycles. The first-order valence-electron chi connectivity index (χ1n) is 5.24. The van der Waals surface area contributed by atoms with E-state index in [-0.39, 0.29) is 12.4 Å². The monoisotopic (exact) mass is 221 g/mol. The fraction of sp³-hybridized carbons (Fsp3) is 0.500. The Kier molecular flexibility index (Phi) is 3.00. The molecule has 1 aromatic rings. The van der Waals surface area contributed by atoms with Gasteiger partial charge in [-0.3, -0.25) is 5.41 Å². The quantitative estimate of drug-likeness (QED) is 0.475. The molecule has 16 heavy (non-hydrogen) atoms. The van der Waals surface area contributed by atoms with Crippen LogP contribution in [0.4, 0.5) is 5.95 Å². The number of anilines is 1. The van der Waals surface area contributed by atoms with Crippen molar-refractivity contribution in [3.05, 3.63) is 18.0 Å². The lowest BCUT2D eigenvalue weighted by molar-refractivity contribution is 0.238. The van der Waals surface area contributed by atoms with Gasteiger partial charge >= 0.3 is 0 Å². The molecule has 0 saturated carbocycles. The summed E-state index contributed by atoms with van der Waals surface area (Å²) in [7, 11) is 0. The van der Waals surface area contributed by atoms with Crippen molar-refractivity contribution in [1.82, 2.24) is 9.97 Å². The van der Waals surface area contributed by atoms with Crippen molar-refractivity contribution in [2.24, 2.45) is 11.7 Å². The number of hydrogen-bond donors (Lipinski definition) is 3. The molecule has 86 valence electrons. The molecule has 6 nitrogen and oxygen atoms in total. The predicted octanol–water partition coefficient (Wildman–Crippen LogP) is -0.421. The highest BCUT2D eigenvalue weighted by molar-refractivity contribution is 5.93. The predicted molar refractivity (Wildman–Crippen MR) is 60.5 cm³/mol. The van der Waals surface area contributed by atoms with Gasteiger partial charge in [0.05, 0.1) is 0 Å². The van der Waals surface area contributed by atoms with Crippen LogP contribution in [-0.4, -0.2) is 40.6 Å². The van der Waals surface area contributed by atoms with Crippen molar-refractivity contribution in [3.63, 3.8) is 0 Å². The van der Waals surface area contributed by atoms with Gasteiger partial charge in [0.1, 0.15) is 11.5 Å². The maximum Gasteiger partial charge on any atom is 0.225 e. The number of nitrogens with two attached hydrogens (primary N) is 1. The van der Waals surface area contributed by atoms with E-state index in [1.807, 2.05) is 4.90 Å². The van der Waals surface area contributed by atoms with Crippen LogP contribution in [0.2, 0.25) is 0 Å². The van der Waals surface area contributed by atoms with Gasteiger partial charge in [-0.05, 0) is 12.5 Å². The van der Waals surface area contributed by atoms with Crippen LogP contribution in [0.25, 0.3) is 0 Å². The molecule has 0 radical (unpaired) electrons. The van der Waals surface area contributed by atoms with Crippen molar-refractivity contribution in [3.8, 4) is 0 Å². The van der Waals surface area contributed by atoms with Crippen LogP contribution in [0.3, 0.4) is 0 Å². The SMILES string of the molecule is N=C(N)c1ccnc(N2CCC(CO)C2)n1. The first kappa shape index (κ1) is 10.8. The Hall–Kier alpha value is -1.69. The van der Waals surface area contributed by atoms with Crippen LogP contribution in [-0.2, 0) is 0 Å². The lowest BCUT2D eigenvalue weighted by atomic mass is 10.1. The minimum absolute atomic E-state index is 0.0541. The first-order valence-corrected chi connectivity index (χ1v) is 5.24. The van der Waals surface area contributed by atoms with Crippen LogP contribution in [0.15, 0.2) is 12.3 Å². The number of amidine groups is 1. The number of nitrogens with zero attached hydrogens (tertiary/aromatic N) is 3. The van der Waals surface area contributed by atoms with Crippen molar-refractivity contribution in [2.75, 3.05) is 24.6 Å². The summed E-state index contributed by atoms with van der Waals surface area (Å²) in [5.74, 6) is 0.829. The topological polar surface area (TPSA) is 99.1 Å². The summed E-state index contributed by atoms with van der Waals surface area (Å²) in [6.07, 6.45) is 2.55. The van der Waals surface area contributed by atoms with E-state index in [0.717, 1.165) is 19.5 Å². The Morgan fingerprint density at radius 3 is 3.12 bits per heavy atom. The molecule has 1 aliphatic heterocycles. The molecule has 1 fully saturated rings. The smallest absolute Gasteiger partial charge is 0.225 e. The van der Waals surface area contributed by atoms with Crippen LogP contribution in [0.1, 0.15) is 12.1 Å². The maximum atomic E-state index is 9.05. The zero-order valence-corrected chi connectivity index (χ0v) is 8.93. The van der Waals surface area contributed by atoms with Gasteiger partial charge in [0.25, 0.3) is 0 Å². The van der Waals surface area contributed by atoms with Crippen LogP contribution >= 0.6 is 0 Å². The lowest BCUT2D eigenvalue weighted by Gasteiger charge is -2.16. The van der Waals surface area contributed by atoms with Gasteiger partial charge in [-0.25, -0.2) is 9.97 Å². The van der Waals surface area contributed by atoms with Gasteiger partial charge < -0.3 is 15.7 Å². The molecule has 0 aliphatic carbocycles. The van der Waals surface area contributed by atoms with E-state index in [1.54, 1.807) is 12.3 Å². The Bertz CT molecular complexity index is 395. The molecule has 0 spiro atoms. The highest BCUT2D eigenvalue weighted by Crippen LogP contribution is 2.19. The highest BCUT2D eigenvalue weighted by atomic mass is 16.3. The highest BCUT2D eigenvalue weighted by Gasteiger charge is 2.23. The summed E-state index contributed by atoms with van der Waals surface area (Å²) in [6.45, 7) is 1.80. The number of aliphatic hydroxyl groups excluding tert-OH is 1. The Morgan fingerprint density at radius 2 is 2.50 bits per heavy atom. The second-order valence-electron chi connectivity index (χ2n) is 3.94. The zero-order valence-electron chi connectivity index (χ0n) is 8.93. The molecule has 1 aliphatic rings. The number of aliphatic hydroxyl groups is 1. The molecule has 6 heteroatoms. The second-order valence-corrected chi connectivity index (χ2v) is 3.94. The Balaban J connectivity index is 2.15. The normalized spacial score (nSPS) is 20.1. The minimum atomic E-state index is -0.0541. The Morgan fingerprint density at radius 1 is 1.69 bits per heavy atom. The van der Waals surface area contributed by atoms with Gasteiger partial charge in [-0.15, -0.1) is 0 Å². The summed E-state index contributed by atoms with van der Waals surface area (Å²) < 4.78 is 0. The third-order valence-corrected chi connectivity index (χ3v) is 2.75. The van der Waals surface area contributed by atoms with E-state index in [0.29, 0.717) is 17.6 Å². The number of rotatable bonds is 3. The molecule has 1 unspecified atom stereocenters. The summed E-state index contributed by atoms with van der Waals surface area (Å²) >= 11 is 0. The average Bonchev–Trinajstić information content (AvgIpc) is 2.77. The van der Waals surface area contributed by atoms with Crippen LogP contribution in [0.5, 0.6) is 0 Å². The average molecular weight is 221 g/mol. The number of nitrogens with one attached hydrogen (secondary N) is 1. The van der Waals surface area contributed by atoms with Crippen LogP contribution < -0.4 is 10.6 Å². The second kappa shape index (κ2) is 4.44. The van der Waals surface area contributed by atoms with Crippen molar-refractivity contribution in [1.29, 1.82) is 5.41 Å². The standard InChI is InChI=1S/C10H15N5O/c11-9(12)8-1-3-13-10(14-8)15-4-2-7(5-15)6-16/h1,3,7,16H,2,4-6H2,(H3,11,12).